The number of hydrogen-bond donors (Lipinski definition) is 2. The summed E-state index contributed by atoms with van der Waals surface area (Å²) in [6.07, 6.45) is 0. The van der Waals surface area contributed by atoms with Crippen LogP contribution in [-0.2, 0) is 4.79 Å². The first-order valence-corrected chi connectivity index (χ1v) is 5.56. The number of amides is 2. The molecule has 0 aliphatic rings. The summed E-state index contributed by atoms with van der Waals surface area (Å²) in [5.41, 5.74) is 0.209. The van der Waals surface area contributed by atoms with E-state index in [0.717, 1.165) is 0 Å². The van der Waals surface area contributed by atoms with Crippen LogP contribution in [0.2, 0.25) is 0 Å². The first-order valence-electron chi connectivity index (χ1n) is 5.56. The van der Waals surface area contributed by atoms with Gasteiger partial charge in [0.2, 0.25) is 5.91 Å². The van der Waals surface area contributed by atoms with Crippen molar-refractivity contribution < 1.29 is 23.1 Å². The monoisotopic (exact) mass is 272 g/mol. The van der Waals surface area contributed by atoms with Crippen molar-refractivity contribution in [3.63, 3.8) is 0 Å². The zero-order valence-electron chi connectivity index (χ0n) is 10.3. The van der Waals surface area contributed by atoms with Crippen LogP contribution in [0.5, 0.6) is 5.75 Å². The molecule has 0 aliphatic carbocycles. The molecule has 2 amide bonds. The summed E-state index contributed by atoms with van der Waals surface area (Å²) in [6, 6.07) is 5.48. The first kappa shape index (κ1) is 14.9. The number of carbonyl (C=O) groups is 2. The van der Waals surface area contributed by atoms with Gasteiger partial charge in [-0.2, -0.15) is 8.78 Å². The zero-order chi connectivity index (χ0) is 14.3. The van der Waals surface area contributed by atoms with E-state index in [0.29, 0.717) is 6.54 Å². The Morgan fingerprint density at radius 2 is 1.95 bits per heavy atom. The summed E-state index contributed by atoms with van der Waals surface area (Å²) in [6.45, 7) is -1.02. The minimum absolute atomic E-state index is 0.0792. The fourth-order valence-corrected chi connectivity index (χ4v) is 1.33. The number of nitrogens with one attached hydrogen (secondary N) is 2. The normalized spacial score (nSPS) is 10.1. The predicted molar refractivity (Wildman–Crippen MR) is 64.1 cm³/mol. The van der Waals surface area contributed by atoms with E-state index in [2.05, 4.69) is 15.4 Å². The Morgan fingerprint density at radius 1 is 1.26 bits per heavy atom. The molecule has 5 nitrogen and oxygen atoms in total. The molecular weight excluding hydrogens is 258 g/mol. The molecule has 1 aromatic carbocycles. The molecule has 0 fully saturated rings. The fourth-order valence-electron chi connectivity index (χ4n) is 1.33. The number of alkyl halides is 2. The SMILES string of the molecule is CC(=O)NCCNC(=O)c1cccc(OC(F)F)c1. The molecule has 0 unspecified atom stereocenters. The van der Waals surface area contributed by atoms with Gasteiger partial charge in [0.1, 0.15) is 5.75 Å². The van der Waals surface area contributed by atoms with E-state index in [1.165, 1.54) is 31.2 Å². The molecule has 0 saturated heterocycles. The second kappa shape index (κ2) is 7.30. The zero-order valence-corrected chi connectivity index (χ0v) is 10.3. The van der Waals surface area contributed by atoms with Crippen molar-refractivity contribution in [1.82, 2.24) is 10.6 Å². The Labute approximate surface area is 108 Å². The van der Waals surface area contributed by atoms with Gasteiger partial charge in [-0.1, -0.05) is 6.07 Å². The van der Waals surface area contributed by atoms with Gasteiger partial charge in [-0.25, -0.2) is 0 Å². The molecule has 0 heterocycles. The Balaban J connectivity index is 2.49. The minimum Gasteiger partial charge on any atom is -0.435 e. The Hall–Kier alpha value is -2.18. The molecule has 0 atom stereocenters. The van der Waals surface area contributed by atoms with Crippen molar-refractivity contribution in [2.45, 2.75) is 13.5 Å². The van der Waals surface area contributed by atoms with Gasteiger partial charge in [-0.3, -0.25) is 9.59 Å². The highest BCUT2D eigenvalue weighted by molar-refractivity contribution is 5.94. The lowest BCUT2D eigenvalue weighted by molar-refractivity contribution is -0.118. The second-order valence-electron chi connectivity index (χ2n) is 3.65. The number of carbonyl (C=O) groups excluding carboxylic acids is 2. The molecular formula is C12H14F2N2O3. The van der Waals surface area contributed by atoms with E-state index in [4.69, 9.17) is 0 Å². The summed E-state index contributed by atoms with van der Waals surface area (Å²) in [4.78, 5) is 22.3. The maximum absolute atomic E-state index is 12.0. The standard InChI is InChI=1S/C12H14F2N2O3/c1-8(17)15-5-6-16-11(18)9-3-2-4-10(7-9)19-12(13)14/h2-4,7,12H,5-6H2,1H3,(H,15,17)(H,16,18). The van der Waals surface area contributed by atoms with E-state index in [-0.39, 0.29) is 23.8 Å². The maximum atomic E-state index is 12.0. The lowest BCUT2D eigenvalue weighted by Gasteiger charge is -2.08. The van der Waals surface area contributed by atoms with Crippen LogP contribution >= 0.6 is 0 Å². The van der Waals surface area contributed by atoms with Gasteiger partial charge in [-0.05, 0) is 18.2 Å². The Morgan fingerprint density at radius 3 is 2.58 bits per heavy atom. The van der Waals surface area contributed by atoms with Crippen LogP contribution in [0.15, 0.2) is 24.3 Å². The van der Waals surface area contributed by atoms with Crippen LogP contribution < -0.4 is 15.4 Å². The molecule has 104 valence electrons. The fraction of sp³-hybridized carbons (Fsp3) is 0.333. The Bertz CT molecular complexity index is 452. The van der Waals surface area contributed by atoms with Crippen molar-refractivity contribution in [3.05, 3.63) is 29.8 Å². The average Bonchev–Trinajstić information content (AvgIpc) is 2.33. The highest BCUT2D eigenvalue weighted by Gasteiger charge is 2.09. The number of ether oxygens (including phenoxy) is 1. The summed E-state index contributed by atoms with van der Waals surface area (Å²) in [5, 5.41) is 5.05. The number of hydrogen-bond acceptors (Lipinski definition) is 3. The third kappa shape index (κ3) is 5.80. The molecule has 0 spiro atoms. The van der Waals surface area contributed by atoms with Crippen LogP contribution in [0.4, 0.5) is 8.78 Å². The van der Waals surface area contributed by atoms with Gasteiger partial charge < -0.3 is 15.4 Å². The highest BCUT2D eigenvalue weighted by Crippen LogP contribution is 2.15. The molecule has 0 bridgehead atoms. The van der Waals surface area contributed by atoms with Crippen LogP contribution in [0.25, 0.3) is 0 Å². The van der Waals surface area contributed by atoms with E-state index in [1.807, 2.05) is 0 Å². The lowest BCUT2D eigenvalue weighted by Crippen LogP contribution is -2.33. The third-order valence-electron chi connectivity index (χ3n) is 2.11. The van der Waals surface area contributed by atoms with Crippen molar-refractivity contribution in [3.8, 4) is 5.75 Å². The first-order chi connectivity index (χ1) is 8.99. The topological polar surface area (TPSA) is 67.4 Å². The van der Waals surface area contributed by atoms with E-state index >= 15 is 0 Å². The molecule has 2 N–H and O–H groups in total. The van der Waals surface area contributed by atoms with Crippen LogP contribution in [0.1, 0.15) is 17.3 Å². The van der Waals surface area contributed by atoms with Gasteiger partial charge in [0, 0.05) is 25.6 Å². The second-order valence-corrected chi connectivity index (χ2v) is 3.65. The summed E-state index contributed by atoms with van der Waals surface area (Å²) >= 11 is 0. The van der Waals surface area contributed by atoms with Crippen molar-refractivity contribution in [1.29, 1.82) is 0 Å². The average molecular weight is 272 g/mol. The van der Waals surface area contributed by atoms with E-state index in [9.17, 15) is 18.4 Å². The minimum atomic E-state index is -2.93. The van der Waals surface area contributed by atoms with Gasteiger partial charge >= 0.3 is 6.61 Å². The molecule has 0 saturated carbocycles. The van der Waals surface area contributed by atoms with Crippen molar-refractivity contribution in [2.24, 2.45) is 0 Å². The van der Waals surface area contributed by atoms with Gasteiger partial charge in [-0.15, -0.1) is 0 Å². The van der Waals surface area contributed by atoms with Gasteiger partial charge in [0.05, 0.1) is 0 Å². The maximum Gasteiger partial charge on any atom is 0.387 e. The molecule has 7 heteroatoms. The van der Waals surface area contributed by atoms with E-state index in [1.54, 1.807) is 0 Å². The number of rotatable bonds is 6. The summed E-state index contributed by atoms with van der Waals surface area (Å²) in [5.74, 6) is -0.698. The van der Waals surface area contributed by atoms with Crippen LogP contribution in [-0.4, -0.2) is 31.5 Å². The molecule has 1 rings (SSSR count). The smallest absolute Gasteiger partial charge is 0.387 e. The van der Waals surface area contributed by atoms with Gasteiger partial charge in [0.15, 0.2) is 0 Å². The lowest BCUT2D eigenvalue weighted by atomic mass is 10.2. The molecule has 0 aromatic heterocycles. The summed E-state index contributed by atoms with van der Waals surface area (Å²) < 4.78 is 28.2. The van der Waals surface area contributed by atoms with Crippen molar-refractivity contribution in [2.75, 3.05) is 13.1 Å². The summed E-state index contributed by atoms with van der Waals surface area (Å²) in [7, 11) is 0. The predicted octanol–water partition coefficient (Wildman–Crippen LogP) is 1.15. The number of benzene rings is 1. The van der Waals surface area contributed by atoms with Crippen LogP contribution in [0.3, 0.4) is 0 Å². The molecule has 0 radical (unpaired) electrons. The number of halogens is 2. The van der Waals surface area contributed by atoms with Crippen LogP contribution in [0, 0.1) is 0 Å². The molecule has 1 aromatic rings. The largest absolute Gasteiger partial charge is 0.435 e. The molecule has 19 heavy (non-hydrogen) atoms. The Kier molecular flexibility index (Phi) is 5.72. The van der Waals surface area contributed by atoms with Gasteiger partial charge in [0.25, 0.3) is 5.91 Å². The van der Waals surface area contributed by atoms with Crippen molar-refractivity contribution >= 4 is 11.8 Å². The van der Waals surface area contributed by atoms with E-state index < -0.39 is 12.5 Å². The third-order valence-corrected chi connectivity index (χ3v) is 2.11. The quantitative estimate of drug-likeness (QED) is 0.763. The highest BCUT2D eigenvalue weighted by atomic mass is 19.3. The molecule has 0 aliphatic heterocycles.